The molecule has 1 saturated heterocycles. The lowest BCUT2D eigenvalue weighted by Crippen LogP contribution is -2.53. The monoisotopic (exact) mass is 194 g/mol. The van der Waals surface area contributed by atoms with Crippen LogP contribution in [0.15, 0.2) is 18.6 Å². The van der Waals surface area contributed by atoms with Crippen LogP contribution < -0.4 is 5.73 Å². The van der Waals surface area contributed by atoms with Crippen LogP contribution in [0.1, 0.15) is 11.7 Å². The van der Waals surface area contributed by atoms with Gasteiger partial charge in [-0.2, -0.15) is 0 Å². The van der Waals surface area contributed by atoms with Crippen LogP contribution >= 0.6 is 0 Å². The average Bonchev–Trinajstić information content (AvgIpc) is 2.18. The summed E-state index contributed by atoms with van der Waals surface area (Å²) in [6.07, 6.45) is 4.82. The maximum atomic E-state index is 9.19. The van der Waals surface area contributed by atoms with E-state index in [1.54, 1.807) is 18.6 Å². The largest absolute Gasteiger partial charge is 0.390 e. The standard InChI is InChI=1S/C9H14N4O/c10-3-9(13-5-7(14)6-13)8-4-11-1-2-12-8/h1-2,4,7,9,14H,3,5-6,10H2. The number of hydrogen-bond donors (Lipinski definition) is 2. The van der Waals surface area contributed by atoms with Crippen LogP contribution in [-0.4, -0.2) is 45.7 Å². The molecule has 0 aromatic carbocycles. The molecule has 0 radical (unpaired) electrons. The number of β-amino-alcohol motifs (C(OH)–C–C–N with tert-alkyl or cyclic N) is 1. The average molecular weight is 194 g/mol. The Kier molecular flexibility index (Phi) is 2.72. The van der Waals surface area contributed by atoms with Gasteiger partial charge in [-0.05, 0) is 0 Å². The lowest BCUT2D eigenvalue weighted by Gasteiger charge is -2.40. The van der Waals surface area contributed by atoms with E-state index in [0.29, 0.717) is 19.6 Å². The van der Waals surface area contributed by atoms with Gasteiger partial charge >= 0.3 is 0 Å². The van der Waals surface area contributed by atoms with E-state index < -0.39 is 0 Å². The number of likely N-dealkylation sites (tertiary alicyclic amines) is 1. The van der Waals surface area contributed by atoms with E-state index in [9.17, 15) is 5.11 Å². The maximum absolute atomic E-state index is 9.19. The molecule has 0 bridgehead atoms. The molecule has 76 valence electrons. The van der Waals surface area contributed by atoms with Crippen LogP contribution in [0.25, 0.3) is 0 Å². The number of hydrogen-bond acceptors (Lipinski definition) is 5. The van der Waals surface area contributed by atoms with Gasteiger partial charge in [0.05, 0.1) is 24.0 Å². The summed E-state index contributed by atoms with van der Waals surface area (Å²) in [5.74, 6) is 0. The zero-order valence-electron chi connectivity index (χ0n) is 7.87. The summed E-state index contributed by atoms with van der Waals surface area (Å²) in [6.45, 7) is 1.86. The minimum absolute atomic E-state index is 0.0899. The second-order valence-electron chi connectivity index (χ2n) is 3.49. The third kappa shape index (κ3) is 1.75. The predicted octanol–water partition coefficient (Wildman–Crippen LogP) is -0.847. The van der Waals surface area contributed by atoms with Crippen LogP contribution in [0.2, 0.25) is 0 Å². The fourth-order valence-electron chi connectivity index (χ4n) is 1.68. The Morgan fingerprint density at radius 1 is 1.57 bits per heavy atom. The second kappa shape index (κ2) is 4.00. The maximum Gasteiger partial charge on any atom is 0.0794 e. The fourth-order valence-corrected chi connectivity index (χ4v) is 1.68. The SMILES string of the molecule is NCC(c1cnccn1)N1CC(O)C1. The third-order valence-electron chi connectivity index (χ3n) is 2.48. The number of aromatic nitrogens is 2. The summed E-state index contributed by atoms with van der Waals surface area (Å²) in [5.41, 5.74) is 6.55. The van der Waals surface area contributed by atoms with E-state index in [0.717, 1.165) is 5.69 Å². The van der Waals surface area contributed by atoms with Gasteiger partial charge in [0.15, 0.2) is 0 Å². The second-order valence-corrected chi connectivity index (χ2v) is 3.49. The van der Waals surface area contributed by atoms with E-state index in [1.807, 2.05) is 0 Å². The van der Waals surface area contributed by atoms with Crippen LogP contribution in [0.4, 0.5) is 0 Å². The molecule has 0 aliphatic carbocycles. The topological polar surface area (TPSA) is 75.3 Å². The number of aliphatic hydroxyl groups is 1. The first-order valence-electron chi connectivity index (χ1n) is 4.69. The van der Waals surface area contributed by atoms with Crippen molar-refractivity contribution < 1.29 is 5.11 Å². The number of nitrogens with zero attached hydrogens (tertiary/aromatic N) is 3. The Morgan fingerprint density at radius 2 is 2.36 bits per heavy atom. The van der Waals surface area contributed by atoms with Gasteiger partial charge in [-0.1, -0.05) is 0 Å². The van der Waals surface area contributed by atoms with Crippen molar-refractivity contribution in [2.75, 3.05) is 19.6 Å². The summed E-state index contributed by atoms with van der Waals surface area (Å²) in [5, 5.41) is 9.19. The Labute approximate surface area is 82.6 Å². The molecule has 1 aliphatic heterocycles. The fraction of sp³-hybridized carbons (Fsp3) is 0.556. The lowest BCUT2D eigenvalue weighted by atomic mass is 10.1. The zero-order chi connectivity index (χ0) is 9.97. The van der Waals surface area contributed by atoms with Crippen molar-refractivity contribution in [3.05, 3.63) is 24.3 Å². The van der Waals surface area contributed by atoms with E-state index in [-0.39, 0.29) is 12.1 Å². The molecule has 1 unspecified atom stereocenters. The molecule has 0 saturated carbocycles. The normalized spacial score (nSPS) is 20.4. The minimum atomic E-state index is -0.208. The molecule has 1 aliphatic rings. The highest BCUT2D eigenvalue weighted by Gasteiger charge is 2.31. The number of aliphatic hydroxyl groups excluding tert-OH is 1. The van der Waals surface area contributed by atoms with Gasteiger partial charge in [0, 0.05) is 32.0 Å². The molecule has 1 fully saturated rings. The molecule has 5 heteroatoms. The van der Waals surface area contributed by atoms with Crippen molar-refractivity contribution in [2.24, 2.45) is 5.73 Å². The minimum Gasteiger partial charge on any atom is -0.390 e. The molecule has 1 aromatic rings. The van der Waals surface area contributed by atoms with Gasteiger partial charge in [0.1, 0.15) is 0 Å². The van der Waals surface area contributed by atoms with E-state index in [1.165, 1.54) is 0 Å². The molecule has 1 aromatic heterocycles. The van der Waals surface area contributed by atoms with Gasteiger partial charge in [-0.3, -0.25) is 14.9 Å². The Hall–Kier alpha value is -1.04. The van der Waals surface area contributed by atoms with Crippen molar-refractivity contribution in [3.8, 4) is 0 Å². The van der Waals surface area contributed by atoms with Gasteiger partial charge in [-0.15, -0.1) is 0 Å². The molecule has 3 N–H and O–H groups in total. The van der Waals surface area contributed by atoms with Gasteiger partial charge in [0.25, 0.3) is 0 Å². The molecule has 2 heterocycles. The highest BCUT2D eigenvalue weighted by atomic mass is 16.3. The molecule has 2 rings (SSSR count). The van der Waals surface area contributed by atoms with Crippen molar-refractivity contribution >= 4 is 0 Å². The van der Waals surface area contributed by atoms with E-state index in [2.05, 4.69) is 14.9 Å². The summed E-state index contributed by atoms with van der Waals surface area (Å²) >= 11 is 0. The summed E-state index contributed by atoms with van der Waals surface area (Å²) in [7, 11) is 0. The third-order valence-corrected chi connectivity index (χ3v) is 2.48. The van der Waals surface area contributed by atoms with Crippen LogP contribution in [-0.2, 0) is 0 Å². The Morgan fingerprint density at radius 3 is 2.86 bits per heavy atom. The highest BCUT2D eigenvalue weighted by molar-refractivity contribution is 5.05. The van der Waals surface area contributed by atoms with Crippen LogP contribution in [0.3, 0.4) is 0 Å². The highest BCUT2D eigenvalue weighted by Crippen LogP contribution is 2.22. The first-order valence-corrected chi connectivity index (χ1v) is 4.69. The number of nitrogens with two attached hydrogens (primary N) is 1. The van der Waals surface area contributed by atoms with Crippen molar-refractivity contribution in [1.29, 1.82) is 0 Å². The summed E-state index contributed by atoms with van der Waals surface area (Å²) in [4.78, 5) is 10.3. The molecular weight excluding hydrogens is 180 g/mol. The Balaban J connectivity index is 2.07. The molecular formula is C9H14N4O. The van der Waals surface area contributed by atoms with Crippen LogP contribution in [0, 0.1) is 0 Å². The summed E-state index contributed by atoms with van der Waals surface area (Å²) in [6, 6.07) is 0.0899. The molecule has 0 spiro atoms. The van der Waals surface area contributed by atoms with Crippen molar-refractivity contribution in [2.45, 2.75) is 12.1 Å². The van der Waals surface area contributed by atoms with E-state index in [4.69, 9.17) is 5.73 Å². The molecule has 1 atom stereocenters. The molecule has 5 nitrogen and oxygen atoms in total. The van der Waals surface area contributed by atoms with Crippen molar-refractivity contribution in [1.82, 2.24) is 14.9 Å². The zero-order valence-corrected chi connectivity index (χ0v) is 7.87. The smallest absolute Gasteiger partial charge is 0.0794 e. The van der Waals surface area contributed by atoms with Crippen LogP contribution in [0.5, 0.6) is 0 Å². The van der Waals surface area contributed by atoms with Gasteiger partial charge < -0.3 is 10.8 Å². The molecule has 0 amide bonds. The predicted molar refractivity (Wildman–Crippen MR) is 51.4 cm³/mol. The number of rotatable bonds is 3. The quantitative estimate of drug-likeness (QED) is 0.655. The first-order chi connectivity index (χ1) is 6.81. The van der Waals surface area contributed by atoms with E-state index >= 15 is 0 Å². The summed E-state index contributed by atoms with van der Waals surface area (Å²) < 4.78 is 0. The first kappa shape index (κ1) is 9.51. The van der Waals surface area contributed by atoms with Gasteiger partial charge in [0.2, 0.25) is 0 Å². The molecule has 14 heavy (non-hydrogen) atoms. The van der Waals surface area contributed by atoms with Gasteiger partial charge in [-0.25, -0.2) is 0 Å². The Bertz CT molecular complexity index is 286. The van der Waals surface area contributed by atoms with Crippen molar-refractivity contribution in [3.63, 3.8) is 0 Å². The lowest BCUT2D eigenvalue weighted by molar-refractivity contribution is -0.0244.